The van der Waals surface area contributed by atoms with Gasteiger partial charge in [-0.1, -0.05) is 17.7 Å². The number of benzene rings is 1. The molecule has 0 saturated heterocycles. The van der Waals surface area contributed by atoms with Gasteiger partial charge < -0.3 is 15.2 Å². The Hall–Kier alpha value is -1.52. The van der Waals surface area contributed by atoms with Crippen molar-refractivity contribution in [2.75, 3.05) is 14.1 Å². The lowest BCUT2D eigenvalue weighted by molar-refractivity contribution is -0.128. The molecule has 1 aromatic carbocycles. The van der Waals surface area contributed by atoms with Crippen LogP contribution in [0.3, 0.4) is 0 Å². The summed E-state index contributed by atoms with van der Waals surface area (Å²) in [6.07, 6.45) is 2.47. The predicted octanol–water partition coefficient (Wildman–Crippen LogP) is 2.23. The standard InChI is InChI=1S/C14H18ClN3O/c1-17(2)14(19)5-6-18-9-10(8-16)12-4-3-11(15)7-13(12)18/h3-4,7,9H,5-6,8,16H2,1-2H3. The Balaban J connectivity index is 2.32. The molecular formula is C14H18ClN3O. The molecule has 5 heteroatoms. The maximum Gasteiger partial charge on any atom is 0.223 e. The molecule has 1 amide bonds. The van der Waals surface area contributed by atoms with Gasteiger partial charge in [0.05, 0.1) is 0 Å². The summed E-state index contributed by atoms with van der Waals surface area (Å²) in [6.45, 7) is 1.11. The van der Waals surface area contributed by atoms with Crippen molar-refractivity contribution in [2.24, 2.45) is 5.73 Å². The van der Waals surface area contributed by atoms with Gasteiger partial charge in [-0.15, -0.1) is 0 Å². The summed E-state index contributed by atoms with van der Waals surface area (Å²) >= 11 is 6.04. The van der Waals surface area contributed by atoms with Gasteiger partial charge in [0, 0.05) is 55.7 Å². The van der Waals surface area contributed by atoms with E-state index in [4.69, 9.17) is 17.3 Å². The molecule has 19 heavy (non-hydrogen) atoms. The van der Waals surface area contributed by atoms with Gasteiger partial charge in [0.1, 0.15) is 0 Å². The van der Waals surface area contributed by atoms with Crippen LogP contribution in [0.5, 0.6) is 0 Å². The van der Waals surface area contributed by atoms with Gasteiger partial charge in [0.2, 0.25) is 5.91 Å². The van der Waals surface area contributed by atoms with E-state index in [-0.39, 0.29) is 5.91 Å². The first-order chi connectivity index (χ1) is 9.02. The van der Waals surface area contributed by atoms with Crippen molar-refractivity contribution >= 4 is 28.4 Å². The summed E-state index contributed by atoms with van der Waals surface area (Å²) in [5.74, 6) is 0.109. The highest BCUT2D eigenvalue weighted by atomic mass is 35.5. The van der Waals surface area contributed by atoms with Crippen LogP contribution in [0.1, 0.15) is 12.0 Å². The molecule has 4 nitrogen and oxygen atoms in total. The van der Waals surface area contributed by atoms with Gasteiger partial charge in [-0.3, -0.25) is 4.79 Å². The second-order valence-electron chi connectivity index (χ2n) is 4.75. The fraction of sp³-hybridized carbons (Fsp3) is 0.357. The lowest BCUT2D eigenvalue weighted by Gasteiger charge is -2.11. The summed E-state index contributed by atoms with van der Waals surface area (Å²) in [5, 5.41) is 1.79. The molecule has 2 rings (SSSR count). The Bertz CT molecular complexity index is 604. The van der Waals surface area contributed by atoms with Crippen LogP contribution in [0.25, 0.3) is 10.9 Å². The first-order valence-electron chi connectivity index (χ1n) is 6.20. The monoisotopic (exact) mass is 279 g/mol. The van der Waals surface area contributed by atoms with Crippen LogP contribution in [0.2, 0.25) is 5.02 Å². The summed E-state index contributed by atoms with van der Waals surface area (Å²) in [5.41, 5.74) is 7.85. The Morgan fingerprint density at radius 2 is 2.16 bits per heavy atom. The summed E-state index contributed by atoms with van der Waals surface area (Å²) in [7, 11) is 3.52. The van der Waals surface area contributed by atoms with E-state index in [2.05, 4.69) is 0 Å². The van der Waals surface area contributed by atoms with Gasteiger partial charge in [-0.05, 0) is 17.7 Å². The fourth-order valence-corrected chi connectivity index (χ4v) is 2.29. The number of aromatic nitrogens is 1. The summed E-state index contributed by atoms with van der Waals surface area (Å²) < 4.78 is 2.05. The van der Waals surface area contributed by atoms with E-state index >= 15 is 0 Å². The fourth-order valence-electron chi connectivity index (χ4n) is 2.13. The SMILES string of the molecule is CN(C)C(=O)CCn1cc(CN)c2ccc(Cl)cc21. The minimum atomic E-state index is 0.109. The smallest absolute Gasteiger partial charge is 0.223 e. The van der Waals surface area contributed by atoms with Gasteiger partial charge >= 0.3 is 0 Å². The highest BCUT2D eigenvalue weighted by Gasteiger charge is 2.10. The van der Waals surface area contributed by atoms with Crippen molar-refractivity contribution in [1.82, 2.24) is 9.47 Å². The van der Waals surface area contributed by atoms with Crippen molar-refractivity contribution < 1.29 is 4.79 Å². The van der Waals surface area contributed by atoms with Crippen LogP contribution < -0.4 is 5.73 Å². The number of carbonyl (C=O) groups excluding carboxylic acids is 1. The molecule has 1 aromatic heterocycles. The molecule has 2 N–H and O–H groups in total. The zero-order valence-electron chi connectivity index (χ0n) is 11.2. The largest absolute Gasteiger partial charge is 0.349 e. The quantitative estimate of drug-likeness (QED) is 0.933. The van der Waals surface area contributed by atoms with Crippen LogP contribution in [-0.4, -0.2) is 29.5 Å². The number of rotatable bonds is 4. The molecule has 0 saturated carbocycles. The first kappa shape index (κ1) is 13.9. The van der Waals surface area contributed by atoms with Gasteiger partial charge in [-0.25, -0.2) is 0 Å². The number of nitrogens with two attached hydrogens (primary N) is 1. The molecule has 0 bridgehead atoms. The van der Waals surface area contributed by atoms with Gasteiger partial charge in [0.25, 0.3) is 0 Å². The Morgan fingerprint density at radius 1 is 1.42 bits per heavy atom. The third-order valence-corrected chi connectivity index (χ3v) is 3.45. The number of nitrogens with zero attached hydrogens (tertiary/aromatic N) is 2. The van der Waals surface area contributed by atoms with Crippen molar-refractivity contribution in [2.45, 2.75) is 19.5 Å². The number of hydrogen-bond acceptors (Lipinski definition) is 2. The van der Waals surface area contributed by atoms with E-state index in [1.807, 2.05) is 29.0 Å². The van der Waals surface area contributed by atoms with Crippen molar-refractivity contribution in [3.63, 3.8) is 0 Å². The van der Waals surface area contributed by atoms with Crippen LogP contribution in [0.15, 0.2) is 24.4 Å². The Kier molecular flexibility index (Phi) is 4.12. The van der Waals surface area contributed by atoms with Crippen molar-refractivity contribution in [3.8, 4) is 0 Å². The second-order valence-corrected chi connectivity index (χ2v) is 5.19. The Morgan fingerprint density at radius 3 is 2.79 bits per heavy atom. The molecule has 0 atom stereocenters. The topological polar surface area (TPSA) is 51.3 Å². The van der Waals surface area contributed by atoms with Crippen molar-refractivity contribution in [3.05, 3.63) is 35.0 Å². The van der Waals surface area contributed by atoms with Crippen LogP contribution in [0, 0.1) is 0 Å². The van der Waals surface area contributed by atoms with Crippen LogP contribution in [-0.2, 0) is 17.9 Å². The molecular weight excluding hydrogens is 262 g/mol. The van der Waals surface area contributed by atoms with E-state index < -0.39 is 0 Å². The maximum absolute atomic E-state index is 11.7. The minimum absolute atomic E-state index is 0.109. The van der Waals surface area contributed by atoms with Gasteiger partial charge in [-0.2, -0.15) is 0 Å². The van der Waals surface area contributed by atoms with E-state index in [0.717, 1.165) is 16.5 Å². The normalized spacial score (nSPS) is 10.9. The molecule has 0 unspecified atom stereocenters. The Labute approximate surface area is 117 Å². The molecule has 0 spiro atoms. The number of fused-ring (bicyclic) bond motifs is 1. The minimum Gasteiger partial charge on any atom is -0.349 e. The molecule has 0 fully saturated rings. The molecule has 0 radical (unpaired) electrons. The number of carbonyl (C=O) groups is 1. The van der Waals surface area contributed by atoms with E-state index in [0.29, 0.717) is 24.5 Å². The maximum atomic E-state index is 11.7. The third kappa shape index (κ3) is 2.91. The summed E-state index contributed by atoms with van der Waals surface area (Å²) in [4.78, 5) is 13.3. The average molecular weight is 280 g/mol. The average Bonchev–Trinajstić information content (AvgIpc) is 2.73. The van der Waals surface area contributed by atoms with E-state index in [1.54, 1.807) is 19.0 Å². The number of hydrogen-bond donors (Lipinski definition) is 1. The van der Waals surface area contributed by atoms with Gasteiger partial charge in [0.15, 0.2) is 0 Å². The molecule has 1 heterocycles. The summed E-state index contributed by atoms with van der Waals surface area (Å²) in [6, 6.07) is 5.75. The molecule has 0 aliphatic heterocycles. The lowest BCUT2D eigenvalue weighted by Crippen LogP contribution is -2.22. The highest BCUT2D eigenvalue weighted by Crippen LogP contribution is 2.24. The zero-order chi connectivity index (χ0) is 14.0. The molecule has 0 aliphatic carbocycles. The molecule has 0 aliphatic rings. The van der Waals surface area contributed by atoms with E-state index in [9.17, 15) is 4.79 Å². The van der Waals surface area contributed by atoms with Crippen LogP contribution >= 0.6 is 11.6 Å². The second kappa shape index (κ2) is 5.63. The molecule has 2 aromatic rings. The van der Waals surface area contributed by atoms with E-state index in [1.165, 1.54) is 0 Å². The first-order valence-corrected chi connectivity index (χ1v) is 6.58. The van der Waals surface area contributed by atoms with Crippen LogP contribution in [0.4, 0.5) is 0 Å². The number of amides is 1. The lowest BCUT2D eigenvalue weighted by atomic mass is 10.2. The number of aryl methyl sites for hydroxylation is 1. The molecule has 102 valence electrons. The predicted molar refractivity (Wildman–Crippen MR) is 78.2 cm³/mol. The highest BCUT2D eigenvalue weighted by molar-refractivity contribution is 6.31. The third-order valence-electron chi connectivity index (χ3n) is 3.21. The van der Waals surface area contributed by atoms with Crippen molar-refractivity contribution in [1.29, 1.82) is 0 Å². The number of halogens is 1. The zero-order valence-corrected chi connectivity index (χ0v) is 11.9.